The molecule has 0 aromatic heterocycles. The van der Waals surface area contributed by atoms with Crippen LogP contribution in [0.1, 0.15) is 67.8 Å². The van der Waals surface area contributed by atoms with Crippen molar-refractivity contribution in [1.29, 1.82) is 0 Å². The number of cyclic esters (lactones) is 1. The topological polar surface area (TPSA) is 35.5 Å². The number of esters is 1. The summed E-state index contributed by atoms with van der Waals surface area (Å²) < 4.78 is 11.3. The smallest absolute Gasteiger partial charge is 0.344 e. The van der Waals surface area contributed by atoms with Crippen molar-refractivity contribution in [1.82, 2.24) is 0 Å². The van der Waals surface area contributed by atoms with Crippen molar-refractivity contribution in [2.45, 2.75) is 51.9 Å². The Morgan fingerprint density at radius 3 is 2.82 bits per heavy atom. The Balaban J connectivity index is 1.70. The summed E-state index contributed by atoms with van der Waals surface area (Å²) >= 11 is 0. The third kappa shape index (κ3) is 3.34. The maximum absolute atomic E-state index is 11.9. The van der Waals surface area contributed by atoms with E-state index in [1.54, 1.807) is 0 Å². The molecule has 0 atom stereocenters. The molecule has 3 rings (SSSR count). The predicted octanol–water partition coefficient (Wildman–Crippen LogP) is 4.96. The van der Waals surface area contributed by atoms with Crippen LogP contribution in [0.2, 0.25) is 0 Å². The number of carbonyl (C=O) groups excluding carboxylic acids is 1. The van der Waals surface area contributed by atoms with Gasteiger partial charge in [0.25, 0.3) is 0 Å². The molecule has 0 amide bonds. The molecular formula is C19H24O3. The summed E-state index contributed by atoms with van der Waals surface area (Å²) in [6.45, 7) is 2.89. The lowest BCUT2D eigenvalue weighted by molar-refractivity contribution is 0.0715. The van der Waals surface area contributed by atoms with E-state index in [9.17, 15) is 4.79 Å². The Bertz CT molecular complexity index is 568. The first-order valence-electron chi connectivity index (χ1n) is 8.47. The number of rotatable bonds is 5. The number of ether oxygens (including phenoxy) is 2. The Hall–Kier alpha value is -1.77. The van der Waals surface area contributed by atoms with Gasteiger partial charge >= 0.3 is 5.97 Å². The average molecular weight is 300 g/mol. The van der Waals surface area contributed by atoms with Gasteiger partial charge in [0.2, 0.25) is 0 Å². The number of hydrogen-bond acceptors (Lipinski definition) is 3. The minimum Gasteiger partial charge on any atom is -0.493 e. The molecule has 1 fully saturated rings. The SMILES string of the molecule is CCC/C=C1\OC(=O)c2ccc(OCC3CCCCC3)cc21. The van der Waals surface area contributed by atoms with E-state index in [1.165, 1.54) is 32.1 Å². The largest absolute Gasteiger partial charge is 0.493 e. The number of fused-ring (bicyclic) bond motifs is 1. The van der Waals surface area contributed by atoms with Crippen LogP contribution in [0.15, 0.2) is 24.3 Å². The zero-order valence-corrected chi connectivity index (χ0v) is 13.3. The second-order valence-electron chi connectivity index (χ2n) is 6.27. The highest BCUT2D eigenvalue weighted by molar-refractivity contribution is 6.03. The molecule has 0 saturated heterocycles. The van der Waals surface area contributed by atoms with Crippen LogP contribution in [0.5, 0.6) is 5.75 Å². The van der Waals surface area contributed by atoms with Crippen LogP contribution in [0.25, 0.3) is 5.76 Å². The van der Waals surface area contributed by atoms with Crippen LogP contribution >= 0.6 is 0 Å². The highest BCUT2D eigenvalue weighted by atomic mass is 16.5. The van der Waals surface area contributed by atoms with Gasteiger partial charge in [-0.25, -0.2) is 4.79 Å². The number of hydrogen-bond donors (Lipinski definition) is 0. The normalized spacial score (nSPS) is 20.0. The highest BCUT2D eigenvalue weighted by Crippen LogP contribution is 2.33. The molecular weight excluding hydrogens is 276 g/mol. The van der Waals surface area contributed by atoms with Crippen LogP contribution < -0.4 is 4.74 Å². The second kappa shape index (κ2) is 6.99. The molecule has 0 bridgehead atoms. The van der Waals surface area contributed by atoms with Crippen LogP contribution in [0, 0.1) is 5.92 Å². The molecule has 2 aliphatic rings. The van der Waals surface area contributed by atoms with Gasteiger partial charge in [-0.2, -0.15) is 0 Å². The van der Waals surface area contributed by atoms with Gasteiger partial charge in [-0.3, -0.25) is 0 Å². The molecule has 118 valence electrons. The third-order valence-corrected chi connectivity index (χ3v) is 4.51. The first kappa shape index (κ1) is 15.1. The average Bonchev–Trinajstić information content (AvgIpc) is 2.88. The Morgan fingerprint density at radius 2 is 2.05 bits per heavy atom. The Labute approximate surface area is 132 Å². The van der Waals surface area contributed by atoms with Crippen LogP contribution in [0.4, 0.5) is 0 Å². The first-order valence-corrected chi connectivity index (χ1v) is 8.47. The maximum atomic E-state index is 11.9. The van der Waals surface area contributed by atoms with Crippen LogP contribution in [0.3, 0.4) is 0 Å². The van der Waals surface area contributed by atoms with Gasteiger partial charge in [-0.15, -0.1) is 0 Å². The lowest BCUT2D eigenvalue weighted by Gasteiger charge is -2.21. The number of carbonyl (C=O) groups is 1. The van der Waals surface area contributed by atoms with Gasteiger partial charge in [0.05, 0.1) is 12.2 Å². The molecule has 0 N–H and O–H groups in total. The Kier molecular flexibility index (Phi) is 4.81. The van der Waals surface area contributed by atoms with Crippen LogP contribution in [-0.4, -0.2) is 12.6 Å². The molecule has 0 unspecified atom stereocenters. The molecule has 1 saturated carbocycles. The van der Waals surface area contributed by atoms with Crippen molar-refractivity contribution >= 4 is 11.7 Å². The lowest BCUT2D eigenvalue weighted by Crippen LogP contribution is -2.15. The summed E-state index contributed by atoms with van der Waals surface area (Å²) in [5.41, 5.74) is 1.52. The van der Waals surface area contributed by atoms with Gasteiger partial charge in [0, 0.05) is 5.56 Å². The quantitative estimate of drug-likeness (QED) is 0.721. The molecule has 3 nitrogen and oxygen atoms in total. The van der Waals surface area contributed by atoms with Gasteiger partial charge < -0.3 is 9.47 Å². The Morgan fingerprint density at radius 1 is 1.23 bits per heavy atom. The molecule has 1 aromatic rings. The van der Waals surface area contributed by atoms with E-state index in [-0.39, 0.29) is 5.97 Å². The van der Waals surface area contributed by atoms with E-state index in [4.69, 9.17) is 9.47 Å². The summed E-state index contributed by atoms with van der Waals surface area (Å²) in [4.78, 5) is 11.9. The third-order valence-electron chi connectivity index (χ3n) is 4.51. The van der Waals surface area contributed by atoms with E-state index >= 15 is 0 Å². The van der Waals surface area contributed by atoms with Gasteiger partial charge in [-0.1, -0.05) is 32.6 Å². The lowest BCUT2D eigenvalue weighted by atomic mass is 9.90. The van der Waals surface area contributed by atoms with E-state index in [1.807, 2.05) is 24.3 Å². The molecule has 1 aromatic carbocycles. The minimum atomic E-state index is -0.254. The van der Waals surface area contributed by atoms with E-state index in [0.717, 1.165) is 30.8 Å². The van der Waals surface area contributed by atoms with E-state index < -0.39 is 0 Å². The molecule has 0 radical (unpaired) electrons. The van der Waals surface area contributed by atoms with Gasteiger partial charge in [-0.05, 0) is 49.5 Å². The molecule has 1 aliphatic carbocycles. The monoisotopic (exact) mass is 300 g/mol. The molecule has 1 heterocycles. The standard InChI is InChI=1S/C19H24O3/c1-2-3-9-18-17-12-15(10-11-16(17)19(20)22-18)21-13-14-7-5-4-6-8-14/h9-12,14H,2-8,13H2,1H3/b18-9-. The summed E-state index contributed by atoms with van der Waals surface area (Å²) in [6.07, 6.45) is 10.5. The minimum absolute atomic E-state index is 0.254. The summed E-state index contributed by atoms with van der Waals surface area (Å²) in [6, 6.07) is 5.65. The van der Waals surface area contributed by atoms with E-state index in [2.05, 4.69) is 6.92 Å². The van der Waals surface area contributed by atoms with E-state index in [0.29, 0.717) is 17.2 Å². The molecule has 0 spiro atoms. The summed E-state index contributed by atoms with van der Waals surface area (Å²) in [5.74, 6) is 1.95. The number of unbranched alkanes of at least 4 members (excludes halogenated alkanes) is 1. The van der Waals surface area contributed by atoms with Crippen molar-refractivity contribution in [3.8, 4) is 5.75 Å². The van der Waals surface area contributed by atoms with Gasteiger partial charge in [0.15, 0.2) is 0 Å². The van der Waals surface area contributed by atoms with Gasteiger partial charge in [0.1, 0.15) is 11.5 Å². The summed E-state index contributed by atoms with van der Waals surface area (Å²) in [7, 11) is 0. The second-order valence-corrected chi connectivity index (χ2v) is 6.27. The van der Waals surface area contributed by atoms with Crippen molar-refractivity contribution in [2.24, 2.45) is 5.92 Å². The molecule has 1 aliphatic heterocycles. The fraction of sp³-hybridized carbons (Fsp3) is 0.526. The van der Waals surface area contributed by atoms with Crippen LogP contribution in [-0.2, 0) is 4.74 Å². The highest BCUT2D eigenvalue weighted by Gasteiger charge is 2.26. The summed E-state index contributed by atoms with van der Waals surface area (Å²) in [5, 5.41) is 0. The zero-order chi connectivity index (χ0) is 15.4. The maximum Gasteiger partial charge on any atom is 0.344 e. The van der Waals surface area contributed by atoms with Crippen molar-refractivity contribution in [2.75, 3.05) is 6.61 Å². The van der Waals surface area contributed by atoms with Crippen molar-refractivity contribution in [3.05, 3.63) is 35.4 Å². The number of benzene rings is 1. The molecule has 22 heavy (non-hydrogen) atoms. The van der Waals surface area contributed by atoms with Crippen molar-refractivity contribution in [3.63, 3.8) is 0 Å². The fourth-order valence-electron chi connectivity index (χ4n) is 3.20. The predicted molar refractivity (Wildman–Crippen MR) is 86.8 cm³/mol. The first-order chi connectivity index (χ1) is 10.8. The fourth-order valence-corrected chi connectivity index (χ4v) is 3.20. The zero-order valence-electron chi connectivity index (χ0n) is 13.3. The number of allylic oxidation sites excluding steroid dienone is 1. The van der Waals surface area contributed by atoms with Crippen molar-refractivity contribution < 1.29 is 14.3 Å². The molecule has 3 heteroatoms.